The summed E-state index contributed by atoms with van der Waals surface area (Å²) in [6.07, 6.45) is -2.87. The molecule has 0 bridgehead atoms. The molecule has 0 saturated heterocycles. The molecule has 0 radical (unpaired) electrons. The van der Waals surface area contributed by atoms with Crippen molar-refractivity contribution in [1.29, 1.82) is 0 Å². The lowest BCUT2D eigenvalue weighted by molar-refractivity contribution is -0.105. The molecule has 0 heterocycles. The third-order valence-corrected chi connectivity index (χ3v) is 4.92. The molecule has 150 valence electrons. The molecule has 0 aliphatic rings. The van der Waals surface area contributed by atoms with Crippen LogP contribution in [0.3, 0.4) is 0 Å². The van der Waals surface area contributed by atoms with Gasteiger partial charge in [0.05, 0.1) is 17.0 Å². The highest BCUT2D eigenvalue weighted by Crippen LogP contribution is 2.32. The van der Waals surface area contributed by atoms with E-state index in [-0.39, 0.29) is 18.8 Å². The van der Waals surface area contributed by atoms with E-state index >= 15 is 0 Å². The Balaban J connectivity index is 2.16. The standard InChI is InChI=1S/C20H19F4NO2S/c1-3-8-27-19(26)15-7-5-4-6-14(15)11-25-17-10-18(13(2)9-16(17)21)28-12-20(22,23)24/h3-7,9-10,25H,1,8,11-12H2,2H3. The van der Waals surface area contributed by atoms with Gasteiger partial charge in [0.1, 0.15) is 12.4 Å². The predicted octanol–water partition coefficient (Wildman–Crippen LogP) is 5.74. The van der Waals surface area contributed by atoms with E-state index in [1.165, 1.54) is 18.2 Å². The zero-order valence-electron chi connectivity index (χ0n) is 15.1. The molecular formula is C20H19F4NO2S. The van der Waals surface area contributed by atoms with Crippen LogP contribution < -0.4 is 5.32 Å². The smallest absolute Gasteiger partial charge is 0.398 e. The lowest BCUT2D eigenvalue weighted by atomic mass is 10.1. The lowest BCUT2D eigenvalue weighted by Crippen LogP contribution is -2.12. The Morgan fingerprint density at radius 2 is 2.00 bits per heavy atom. The lowest BCUT2D eigenvalue weighted by Gasteiger charge is -2.14. The number of benzene rings is 2. The summed E-state index contributed by atoms with van der Waals surface area (Å²) in [6, 6.07) is 9.19. The van der Waals surface area contributed by atoms with Gasteiger partial charge in [0, 0.05) is 11.4 Å². The summed E-state index contributed by atoms with van der Waals surface area (Å²) in [4.78, 5) is 12.4. The second-order valence-electron chi connectivity index (χ2n) is 5.90. The van der Waals surface area contributed by atoms with Gasteiger partial charge in [-0.3, -0.25) is 0 Å². The minimum absolute atomic E-state index is 0.0598. The molecule has 0 spiro atoms. The second kappa shape index (κ2) is 9.64. The number of hydrogen-bond acceptors (Lipinski definition) is 4. The van der Waals surface area contributed by atoms with Gasteiger partial charge in [0.15, 0.2) is 0 Å². The van der Waals surface area contributed by atoms with Gasteiger partial charge in [0.2, 0.25) is 0 Å². The predicted molar refractivity (Wildman–Crippen MR) is 102 cm³/mol. The quantitative estimate of drug-likeness (QED) is 0.259. The Labute approximate surface area is 164 Å². The number of nitrogens with one attached hydrogen (secondary N) is 1. The summed E-state index contributed by atoms with van der Waals surface area (Å²) >= 11 is 0.600. The number of alkyl halides is 3. The van der Waals surface area contributed by atoms with Crippen LogP contribution in [0.5, 0.6) is 0 Å². The number of anilines is 1. The Bertz CT molecular complexity index is 853. The van der Waals surface area contributed by atoms with Gasteiger partial charge in [0.25, 0.3) is 0 Å². The maximum absolute atomic E-state index is 14.2. The first-order valence-corrected chi connectivity index (χ1v) is 9.29. The van der Waals surface area contributed by atoms with E-state index in [9.17, 15) is 22.4 Å². The molecule has 0 aliphatic heterocycles. The monoisotopic (exact) mass is 413 g/mol. The van der Waals surface area contributed by atoms with Crippen molar-refractivity contribution in [2.45, 2.75) is 24.5 Å². The zero-order chi connectivity index (χ0) is 20.7. The molecule has 0 saturated carbocycles. The van der Waals surface area contributed by atoms with Crippen molar-refractivity contribution in [1.82, 2.24) is 0 Å². The topological polar surface area (TPSA) is 38.3 Å². The molecule has 2 aromatic rings. The zero-order valence-corrected chi connectivity index (χ0v) is 15.9. The van der Waals surface area contributed by atoms with E-state index in [1.807, 2.05) is 0 Å². The Kier molecular flexibility index (Phi) is 7.51. The Morgan fingerprint density at radius 1 is 1.29 bits per heavy atom. The number of ether oxygens (including phenoxy) is 1. The first kappa shape index (κ1) is 21.8. The summed E-state index contributed by atoms with van der Waals surface area (Å²) in [5, 5.41) is 2.85. The van der Waals surface area contributed by atoms with Crippen LogP contribution in [0.15, 0.2) is 53.9 Å². The molecule has 0 aromatic heterocycles. The van der Waals surface area contributed by atoms with Crippen molar-refractivity contribution in [2.24, 2.45) is 0 Å². The average Bonchev–Trinajstić information content (AvgIpc) is 2.64. The number of carbonyl (C=O) groups is 1. The number of aryl methyl sites for hydroxylation is 1. The molecule has 0 fully saturated rings. The SMILES string of the molecule is C=CCOC(=O)c1ccccc1CNc1cc(SCC(F)(F)F)c(C)cc1F. The van der Waals surface area contributed by atoms with Crippen molar-refractivity contribution in [2.75, 3.05) is 17.7 Å². The Morgan fingerprint density at radius 3 is 2.68 bits per heavy atom. The van der Waals surface area contributed by atoms with Gasteiger partial charge < -0.3 is 10.1 Å². The van der Waals surface area contributed by atoms with Crippen LogP contribution in [0.1, 0.15) is 21.5 Å². The minimum Gasteiger partial charge on any atom is -0.458 e. The molecule has 2 rings (SSSR count). The second-order valence-corrected chi connectivity index (χ2v) is 6.92. The van der Waals surface area contributed by atoms with E-state index in [1.54, 1.807) is 31.2 Å². The van der Waals surface area contributed by atoms with Gasteiger partial charge in [-0.05, 0) is 36.2 Å². The normalized spacial score (nSPS) is 11.2. The van der Waals surface area contributed by atoms with E-state index in [4.69, 9.17) is 4.74 Å². The number of halogens is 4. The van der Waals surface area contributed by atoms with E-state index in [0.29, 0.717) is 33.3 Å². The van der Waals surface area contributed by atoms with Crippen LogP contribution in [0.4, 0.5) is 23.2 Å². The molecule has 8 heteroatoms. The highest BCUT2D eigenvalue weighted by atomic mass is 32.2. The molecule has 0 atom stereocenters. The maximum atomic E-state index is 14.2. The van der Waals surface area contributed by atoms with Crippen LogP contribution in [-0.2, 0) is 11.3 Å². The third kappa shape index (κ3) is 6.30. The first-order chi connectivity index (χ1) is 13.2. The fraction of sp³-hybridized carbons (Fsp3) is 0.250. The maximum Gasteiger partial charge on any atom is 0.398 e. The van der Waals surface area contributed by atoms with E-state index in [0.717, 1.165) is 0 Å². The summed E-state index contributed by atoms with van der Waals surface area (Å²) in [7, 11) is 0. The summed E-state index contributed by atoms with van der Waals surface area (Å²) < 4.78 is 56.7. The van der Waals surface area contributed by atoms with Crippen LogP contribution >= 0.6 is 11.8 Å². The van der Waals surface area contributed by atoms with Crippen molar-refractivity contribution >= 4 is 23.4 Å². The first-order valence-electron chi connectivity index (χ1n) is 8.30. The molecule has 0 aliphatic carbocycles. The molecular weight excluding hydrogens is 394 g/mol. The van der Waals surface area contributed by atoms with Gasteiger partial charge in [-0.2, -0.15) is 13.2 Å². The fourth-order valence-electron chi connectivity index (χ4n) is 2.38. The highest BCUT2D eigenvalue weighted by Gasteiger charge is 2.27. The molecule has 0 amide bonds. The molecule has 2 aromatic carbocycles. The van der Waals surface area contributed by atoms with Gasteiger partial charge in [-0.25, -0.2) is 9.18 Å². The van der Waals surface area contributed by atoms with Gasteiger partial charge in [-0.15, -0.1) is 11.8 Å². The third-order valence-electron chi connectivity index (χ3n) is 3.69. The number of carbonyl (C=O) groups excluding carboxylic acids is 1. The number of esters is 1. The summed E-state index contributed by atoms with van der Waals surface area (Å²) in [6.45, 7) is 5.19. The average molecular weight is 413 g/mol. The van der Waals surface area contributed by atoms with Crippen molar-refractivity contribution in [3.8, 4) is 0 Å². The van der Waals surface area contributed by atoms with Crippen molar-refractivity contribution < 1.29 is 27.1 Å². The number of thioether (sulfide) groups is 1. The minimum atomic E-state index is -4.32. The highest BCUT2D eigenvalue weighted by molar-refractivity contribution is 7.99. The number of hydrogen-bond donors (Lipinski definition) is 1. The van der Waals surface area contributed by atoms with Gasteiger partial charge in [-0.1, -0.05) is 30.9 Å². The molecule has 1 N–H and O–H groups in total. The largest absolute Gasteiger partial charge is 0.458 e. The van der Waals surface area contributed by atoms with E-state index < -0.39 is 23.7 Å². The molecule has 0 unspecified atom stereocenters. The van der Waals surface area contributed by atoms with Crippen LogP contribution in [0.25, 0.3) is 0 Å². The van der Waals surface area contributed by atoms with Crippen LogP contribution in [0, 0.1) is 12.7 Å². The van der Waals surface area contributed by atoms with Crippen LogP contribution in [-0.4, -0.2) is 24.5 Å². The van der Waals surface area contributed by atoms with Crippen LogP contribution in [0.2, 0.25) is 0 Å². The van der Waals surface area contributed by atoms with Gasteiger partial charge >= 0.3 is 12.1 Å². The van der Waals surface area contributed by atoms with Crippen molar-refractivity contribution in [3.63, 3.8) is 0 Å². The number of rotatable bonds is 8. The molecule has 28 heavy (non-hydrogen) atoms. The Hall–Kier alpha value is -2.48. The fourth-order valence-corrected chi connectivity index (χ4v) is 3.19. The summed E-state index contributed by atoms with van der Waals surface area (Å²) in [5.41, 5.74) is 1.37. The summed E-state index contributed by atoms with van der Waals surface area (Å²) in [5.74, 6) is -2.18. The van der Waals surface area contributed by atoms with Crippen molar-refractivity contribution in [3.05, 3.63) is 71.6 Å². The van der Waals surface area contributed by atoms with E-state index in [2.05, 4.69) is 11.9 Å². The molecule has 3 nitrogen and oxygen atoms in total.